The van der Waals surface area contributed by atoms with Crippen molar-refractivity contribution in [3.05, 3.63) is 114 Å². The van der Waals surface area contributed by atoms with Gasteiger partial charge >= 0.3 is 12.0 Å². The van der Waals surface area contributed by atoms with Gasteiger partial charge < -0.3 is 20.6 Å². The molecule has 0 unspecified atom stereocenters. The fraction of sp³-hybridized carbons (Fsp3) is 0.290. The maximum Gasteiger partial charge on any atom is 0.335 e. The van der Waals surface area contributed by atoms with Gasteiger partial charge in [0.15, 0.2) is 0 Å². The lowest BCUT2D eigenvalue weighted by Crippen LogP contribution is -2.45. The van der Waals surface area contributed by atoms with E-state index in [1.807, 2.05) is 36.4 Å². The first kappa shape index (κ1) is 27.1. The summed E-state index contributed by atoms with van der Waals surface area (Å²) in [4.78, 5) is 29.1. The number of carbonyl (C=O) groups excluding carboxylic acids is 1. The van der Waals surface area contributed by atoms with Gasteiger partial charge in [0, 0.05) is 57.4 Å². The maximum absolute atomic E-state index is 13.5. The third kappa shape index (κ3) is 7.78. The van der Waals surface area contributed by atoms with Gasteiger partial charge in [-0.05, 0) is 41.3 Å². The minimum Gasteiger partial charge on any atom is -0.478 e. The number of aromatic carboxylic acids is 1. The second-order valence-electron chi connectivity index (χ2n) is 9.68. The Kier molecular flexibility index (Phi) is 9.67. The molecule has 1 fully saturated rings. The Morgan fingerprint density at radius 3 is 2.18 bits per heavy atom. The van der Waals surface area contributed by atoms with Crippen LogP contribution in [0.3, 0.4) is 0 Å². The van der Waals surface area contributed by atoms with Crippen molar-refractivity contribution < 1.29 is 14.7 Å². The van der Waals surface area contributed by atoms with E-state index in [1.165, 1.54) is 23.3 Å². The molecule has 1 heterocycles. The average molecular weight is 513 g/mol. The summed E-state index contributed by atoms with van der Waals surface area (Å²) in [5, 5.41) is 15.6. The normalized spacial score (nSPS) is 13.7. The van der Waals surface area contributed by atoms with Crippen LogP contribution in [0.5, 0.6) is 0 Å². The van der Waals surface area contributed by atoms with E-state index in [0.29, 0.717) is 18.8 Å². The number of carboxylic acid groups (broad SMARTS) is 1. The van der Waals surface area contributed by atoms with Crippen LogP contribution >= 0.6 is 0 Å². The molecule has 0 aromatic heterocycles. The highest BCUT2D eigenvalue weighted by Gasteiger charge is 2.21. The lowest BCUT2D eigenvalue weighted by atomic mass is 9.88. The van der Waals surface area contributed by atoms with Crippen molar-refractivity contribution in [1.82, 2.24) is 15.1 Å². The Labute approximate surface area is 224 Å². The van der Waals surface area contributed by atoms with E-state index in [-0.39, 0.29) is 17.5 Å². The number of carboxylic acids is 1. The Morgan fingerprint density at radius 2 is 1.58 bits per heavy atom. The zero-order valence-corrected chi connectivity index (χ0v) is 21.7. The number of piperazine rings is 1. The number of rotatable bonds is 11. The van der Waals surface area contributed by atoms with E-state index in [4.69, 9.17) is 0 Å². The van der Waals surface area contributed by atoms with Gasteiger partial charge in [0.05, 0.1) is 5.56 Å². The minimum atomic E-state index is -1.03. The lowest BCUT2D eigenvalue weighted by molar-refractivity contribution is 0.0697. The number of hydrogen-bond donors (Lipinski definition) is 3. The number of hydrogen-bond acceptors (Lipinski definition) is 4. The number of amides is 2. The van der Waals surface area contributed by atoms with E-state index in [1.54, 1.807) is 17.0 Å². The smallest absolute Gasteiger partial charge is 0.335 e. The van der Waals surface area contributed by atoms with Crippen LogP contribution in [-0.4, -0.2) is 72.7 Å². The monoisotopic (exact) mass is 512 g/mol. The molecule has 4 rings (SSSR count). The molecule has 0 spiro atoms. The number of nitrogens with one attached hydrogen (secondary N) is 2. The second kappa shape index (κ2) is 13.6. The van der Waals surface area contributed by atoms with Crippen molar-refractivity contribution in [1.29, 1.82) is 0 Å². The number of carbonyl (C=O) groups is 2. The molecule has 7 nitrogen and oxygen atoms in total. The first-order chi connectivity index (χ1) is 18.5. The van der Waals surface area contributed by atoms with Gasteiger partial charge in [0.25, 0.3) is 0 Å². The number of benzene rings is 3. The Hall–Kier alpha value is -3.94. The fourth-order valence-electron chi connectivity index (χ4n) is 4.87. The number of nitrogens with zero attached hydrogens (tertiary/aromatic N) is 2. The van der Waals surface area contributed by atoms with Crippen LogP contribution in [0.1, 0.15) is 33.8 Å². The van der Waals surface area contributed by atoms with E-state index >= 15 is 0 Å². The molecule has 1 saturated heterocycles. The van der Waals surface area contributed by atoms with Crippen LogP contribution < -0.4 is 10.6 Å². The predicted octanol–water partition coefficient (Wildman–Crippen LogP) is 4.90. The summed E-state index contributed by atoms with van der Waals surface area (Å²) in [6.45, 7) is 9.78. The molecule has 198 valence electrons. The van der Waals surface area contributed by atoms with Crippen LogP contribution in [0.25, 0.3) is 0 Å². The van der Waals surface area contributed by atoms with E-state index in [0.717, 1.165) is 44.7 Å². The molecular formula is C31H36N4O3. The van der Waals surface area contributed by atoms with Crippen molar-refractivity contribution in [2.45, 2.75) is 12.3 Å². The van der Waals surface area contributed by atoms with Crippen LogP contribution in [0.15, 0.2) is 97.1 Å². The molecule has 0 atom stereocenters. The van der Waals surface area contributed by atoms with Gasteiger partial charge in [0.1, 0.15) is 0 Å². The lowest BCUT2D eigenvalue weighted by Gasteiger charge is -2.31. The summed E-state index contributed by atoms with van der Waals surface area (Å²) in [6.07, 6.45) is 0.734. The average Bonchev–Trinajstić information content (AvgIpc) is 2.94. The molecular weight excluding hydrogens is 476 g/mol. The van der Waals surface area contributed by atoms with Crippen molar-refractivity contribution in [3.63, 3.8) is 0 Å². The third-order valence-electron chi connectivity index (χ3n) is 6.81. The van der Waals surface area contributed by atoms with E-state index < -0.39 is 5.97 Å². The third-order valence-corrected chi connectivity index (χ3v) is 6.81. The van der Waals surface area contributed by atoms with Crippen molar-refractivity contribution in [2.24, 2.45) is 0 Å². The summed E-state index contributed by atoms with van der Waals surface area (Å²) in [5.74, 6) is -0.902. The van der Waals surface area contributed by atoms with Crippen molar-refractivity contribution in [3.8, 4) is 0 Å². The van der Waals surface area contributed by atoms with Gasteiger partial charge in [0.2, 0.25) is 0 Å². The molecule has 0 saturated carbocycles. The molecule has 1 aliphatic heterocycles. The first-order valence-corrected chi connectivity index (χ1v) is 13.1. The highest BCUT2D eigenvalue weighted by Crippen LogP contribution is 2.28. The van der Waals surface area contributed by atoms with Crippen LogP contribution in [0.2, 0.25) is 0 Å². The first-order valence-electron chi connectivity index (χ1n) is 13.1. The summed E-state index contributed by atoms with van der Waals surface area (Å²) in [6, 6.07) is 26.8. The molecule has 0 radical (unpaired) electrons. The molecule has 38 heavy (non-hydrogen) atoms. The fourth-order valence-corrected chi connectivity index (χ4v) is 4.87. The van der Waals surface area contributed by atoms with Gasteiger partial charge in [-0.25, -0.2) is 9.59 Å². The molecule has 7 heteroatoms. The molecule has 3 aromatic rings. The predicted molar refractivity (Wildman–Crippen MR) is 152 cm³/mol. The van der Waals surface area contributed by atoms with E-state index in [9.17, 15) is 14.7 Å². The molecule has 3 N–H and O–H groups in total. The Morgan fingerprint density at radius 1 is 0.947 bits per heavy atom. The van der Waals surface area contributed by atoms with Crippen LogP contribution in [-0.2, 0) is 0 Å². The highest BCUT2D eigenvalue weighted by atomic mass is 16.4. The zero-order valence-electron chi connectivity index (χ0n) is 21.7. The van der Waals surface area contributed by atoms with E-state index in [2.05, 4.69) is 46.4 Å². The topological polar surface area (TPSA) is 84.9 Å². The largest absolute Gasteiger partial charge is 0.478 e. The molecule has 2 amide bonds. The molecule has 0 aliphatic carbocycles. The second-order valence-corrected chi connectivity index (χ2v) is 9.68. The summed E-state index contributed by atoms with van der Waals surface area (Å²) in [5.41, 5.74) is 3.96. The van der Waals surface area contributed by atoms with Gasteiger partial charge in [-0.15, -0.1) is 0 Å². The van der Waals surface area contributed by atoms with Gasteiger partial charge in [-0.1, -0.05) is 73.3 Å². The molecule has 1 aliphatic rings. The Bertz CT molecular complexity index is 1170. The SMILES string of the molecule is C=C(CN1CCNCC1)CN(CCC(c1ccccc1)c1ccccc1)C(=O)Nc1cccc(C(=O)O)c1. The number of urea groups is 1. The summed E-state index contributed by atoms with van der Waals surface area (Å²) >= 11 is 0. The highest BCUT2D eigenvalue weighted by molar-refractivity contribution is 5.93. The van der Waals surface area contributed by atoms with Crippen molar-refractivity contribution in [2.75, 3.05) is 51.1 Å². The van der Waals surface area contributed by atoms with Crippen LogP contribution in [0.4, 0.5) is 10.5 Å². The minimum absolute atomic E-state index is 0.129. The zero-order chi connectivity index (χ0) is 26.7. The Balaban J connectivity index is 1.51. The summed E-state index contributed by atoms with van der Waals surface area (Å²) < 4.78 is 0. The van der Waals surface area contributed by atoms with Crippen LogP contribution in [0, 0.1) is 0 Å². The molecule has 0 bridgehead atoms. The standard InChI is InChI=1S/C31H36N4O3/c1-24(22-34-19-16-32-17-20-34)23-35(31(38)33-28-14-8-13-27(21-28)30(36)37)18-15-29(25-9-4-2-5-10-25)26-11-6-3-7-12-26/h2-14,21,29,32H,1,15-20,22-23H2,(H,33,38)(H,36,37). The van der Waals surface area contributed by atoms with Gasteiger partial charge in [-0.2, -0.15) is 0 Å². The summed E-state index contributed by atoms with van der Waals surface area (Å²) in [7, 11) is 0. The van der Waals surface area contributed by atoms with Gasteiger partial charge in [-0.3, -0.25) is 4.90 Å². The maximum atomic E-state index is 13.5. The molecule has 3 aromatic carbocycles. The number of anilines is 1. The van der Waals surface area contributed by atoms with Crippen molar-refractivity contribution >= 4 is 17.7 Å². The quantitative estimate of drug-likeness (QED) is 0.318.